The lowest BCUT2D eigenvalue weighted by molar-refractivity contribution is -0.152. The van der Waals surface area contributed by atoms with Gasteiger partial charge in [-0.15, -0.1) is 0 Å². The summed E-state index contributed by atoms with van der Waals surface area (Å²) in [6, 6.07) is -0.0320. The molecule has 2 unspecified atom stereocenters. The minimum atomic E-state index is -1.57. The van der Waals surface area contributed by atoms with Crippen molar-refractivity contribution < 1.29 is 53.0 Å². The molecule has 2 fully saturated rings. The van der Waals surface area contributed by atoms with Gasteiger partial charge in [0.1, 0.15) is 42.3 Å². The summed E-state index contributed by atoms with van der Waals surface area (Å²) in [5.41, 5.74) is -0.0752. The number of benzene rings is 1. The van der Waals surface area contributed by atoms with Crippen molar-refractivity contribution in [2.75, 3.05) is 61.5 Å². The molecule has 0 bridgehead atoms. The average Bonchev–Trinajstić information content (AvgIpc) is 3.34. The zero-order chi connectivity index (χ0) is 55.1. The number of aliphatic hydroxyl groups is 1. The predicted molar refractivity (Wildman–Crippen MR) is 276 cm³/mol. The van der Waals surface area contributed by atoms with E-state index in [0.717, 1.165) is 24.2 Å². The molecule has 1 aromatic rings. The molecule has 0 radical (unpaired) electrons. The molecule has 20 nitrogen and oxygen atoms in total. The number of hydrogen-bond acceptors (Lipinski definition) is 11. The molecule has 20 heteroatoms. The number of nitrogens with one attached hydrogen (secondary N) is 3. The summed E-state index contributed by atoms with van der Waals surface area (Å²) >= 11 is 0. The molecule has 4 N–H and O–H groups in total. The number of nitrogens with zero attached hydrogens (tertiary/aromatic N) is 6. The highest BCUT2D eigenvalue weighted by atomic mass is 16.5. The normalized spacial score (nSPS) is 25.7. The van der Waals surface area contributed by atoms with Gasteiger partial charge in [0.05, 0.1) is 24.7 Å². The number of piperidine rings is 1. The summed E-state index contributed by atoms with van der Waals surface area (Å²) < 4.78 is 6.04. The lowest BCUT2D eigenvalue weighted by Gasteiger charge is -2.38. The van der Waals surface area contributed by atoms with E-state index in [4.69, 9.17) is 4.74 Å². The van der Waals surface area contributed by atoms with Gasteiger partial charge in [-0.05, 0) is 90.5 Å². The summed E-state index contributed by atoms with van der Waals surface area (Å²) in [6.45, 7) is 16.2. The van der Waals surface area contributed by atoms with E-state index in [-0.39, 0.29) is 57.1 Å². The van der Waals surface area contributed by atoms with E-state index < -0.39 is 114 Å². The maximum Gasteiger partial charge on any atom is 0.248 e. The largest absolute Gasteiger partial charge is 0.391 e. The maximum atomic E-state index is 14.9. The van der Waals surface area contributed by atoms with Crippen molar-refractivity contribution in [2.24, 2.45) is 11.8 Å². The van der Waals surface area contributed by atoms with Crippen molar-refractivity contribution >= 4 is 53.2 Å². The Morgan fingerprint density at radius 1 is 0.658 bits per heavy atom. The van der Waals surface area contributed by atoms with Crippen molar-refractivity contribution in [1.82, 2.24) is 45.3 Å². The van der Waals surface area contributed by atoms with Crippen LogP contribution in [0.3, 0.4) is 0 Å². The van der Waals surface area contributed by atoms with Gasteiger partial charge >= 0.3 is 0 Å². The molecule has 0 spiro atoms. The molecule has 0 aliphatic carbocycles. The molecule has 0 saturated carbocycles. The van der Waals surface area contributed by atoms with Crippen LogP contribution in [-0.4, -0.2) is 203 Å². The predicted octanol–water partition coefficient (Wildman–Crippen LogP) is 1.95. The number of rotatable bonds is 10. The number of carbonyl (C=O) groups is 9. The number of aliphatic hydroxyl groups excluding tert-OH is 1. The van der Waals surface area contributed by atoms with E-state index in [9.17, 15) is 48.3 Å². The smallest absolute Gasteiger partial charge is 0.248 e. The average molecular weight is 1030 g/mol. The topological polar surface area (TPSA) is 239 Å². The van der Waals surface area contributed by atoms with Crippen molar-refractivity contribution in [1.29, 1.82) is 0 Å². The third kappa shape index (κ3) is 18.4. The van der Waals surface area contributed by atoms with E-state index >= 15 is 0 Å². The second kappa shape index (κ2) is 28.2. The van der Waals surface area contributed by atoms with Gasteiger partial charge in [-0.3, -0.25) is 43.2 Å². The highest BCUT2D eigenvalue weighted by Gasteiger charge is 2.41. The van der Waals surface area contributed by atoms with Gasteiger partial charge < -0.3 is 55.2 Å². The van der Waals surface area contributed by atoms with Gasteiger partial charge in [0.15, 0.2) is 0 Å². The van der Waals surface area contributed by atoms with Crippen LogP contribution in [0.15, 0.2) is 30.3 Å². The second-order valence-electron chi connectivity index (χ2n) is 21.8. The molecule has 9 amide bonds. The number of hydrogen-bond donors (Lipinski definition) is 4. The molecule has 0 aromatic heterocycles. The van der Waals surface area contributed by atoms with Crippen LogP contribution in [-0.2, 0) is 54.3 Å². The Morgan fingerprint density at radius 2 is 1.22 bits per heavy atom. The standard InChI is InChI=1S/C53H87N9O11/c1-33(2)28-40-47(67)54-38(50(70)62-26-19-16-20-27-62)31-44(65)57(10)25-21-24-43(64)59(12)41(30-37-22-17-15-18-23-37)48(68)56-45(36(6)63)52(72)58(11)35(5)46(66)55-39(32-73-53(7,8)9)49(69)61(14)42(29-34(3)4)51(71)60(40)13/h15,17-18,22-23,33-36,38-42,45,63H,16,19-21,24-32H2,1-14H3,(H,54,67)(H,55,66)(H,56,68)/t35-,36?,38?,39-,40-,41-,42-,45-/m0/s1. The van der Waals surface area contributed by atoms with Crippen LogP contribution < -0.4 is 16.0 Å². The third-order valence-electron chi connectivity index (χ3n) is 13.7. The van der Waals surface area contributed by atoms with Gasteiger partial charge in [0.25, 0.3) is 0 Å². The molecule has 2 saturated heterocycles. The molecule has 3 rings (SSSR count). The quantitative estimate of drug-likeness (QED) is 0.264. The molecule has 73 heavy (non-hydrogen) atoms. The van der Waals surface area contributed by atoms with E-state index in [2.05, 4.69) is 16.0 Å². The van der Waals surface area contributed by atoms with E-state index in [1.807, 2.05) is 27.7 Å². The molecule has 8 atom stereocenters. The Morgan fingerprint density at radius 3 is 1.78 bits per heavy atom. The first-order chi connectivity index (χ1) is 34.1. The van der Waals surface area contributed by atoms with E-state index in [1.165, 1.54) is 68.7 Å². The molecule has 2 aliphatic rings. The Bertz CT molecular complexity index is 2060. The fourth-order valence-corrected chi connectivity index (χ4v) is 8.89. The second-order valence-corrected chi connectivity index (χ2v) is 21.8. The number of ether oxygens (including phenoxy) is 1. The van der Waals surface area contributed by atoms with Crippen LogP contribution in [0.2, 0.25) is 0 Å². The summed E-state index contributed by atoms with van der Waals surface area (Å²) in [6.07, 6.45) is 1.04. The minimum Gasteiger partial charge on any atom is -0.391 e. The summed E-state index contributed by atoms with van der Waals surface area (Å²) in [5, 5.41) is 19.2. The Labute approximate surface area is 433 Å². The Kier molecular flexibility index (Phi) is 23.8. The number of carbonyl (C=O) groups excluding carboxylic acids is 9. The molecule has 1 aromatic carbocycles. The SMILES string of the molecule is CC(C)C[C@H]1C(=O)N(C)[C@@H](CC(C)C)C(=O)NC(C(=O)N2CCCCC2)CC(=O)N(C)CCCC(=O)N(C)[C@@H](Cc2ccccc2)C(=O)N[C@@H](C(C)O)C(=O)N(C)[C@@H](C)C(=O)N[C@@H](COC(C)(C)C)C(=O)N1C. The van der Waals surface area contributed by atoms with Gasteiger partial charge in [-0.2, -0.15) is 0 Å². The number of likely N-dealkylation sites (N-methyl/N-ethyl adjacent to an activating group) is 4. The number of likely N-dealkylation sites (tertiary alicyclic amines) is 1. The van der Waals surface area contributed by atoms with Gasteiger partial charge in [-0.1, -0.05) is 58.0 Å². The summed E-state index contributed by atoms with van der Waals surface area (Å²) in [4.78, 5) is 137. The zero-order valence-corrected chi connectivity index (χ0v) is 46.1. The fraction of sp³-hybridized carbons (Fsp3) is 0.717. The highest BCUT2D eigenvalue weighted by Crippen LogP contribution is 2.21. The molecule has 410 valence electrons. The first-order valence-corrected chi connectivity index (χ1v) is 25.9. The fourth-order valence-electron chi connectivity index (χ4n) is 8.89. The van der Waals surface area contributed by atoms with Gasteiger partial charge in [0.2, 0.25) is 53.2 Å². The van der Waals surface area contributed by atoms with Crippen LogP contribution in [0.25, 0.3) is 0 Å². The zero-order valence-electron chi connectivity index (χ0n) is 46.1. The Hall–Kier alpha value is -5.63. The van der Waals surface area contributed by atoms with Crippen molar-refractivity contribution in [3.63, 3.8) is 0 Å². The van der Waals surface area contributed by atoms with E-state index in [1.54, 1.807) is 56.0 Å². The molecular formula is C53H87N9O11. The lowest BCUT2D eigenvalue weighted by atomic mass is 9.97. The van der Waals surface area contributed by atoms with Crippen LogP contribution in [0.1, 0.15) is 119 Å². The first kappa shape index (κ1) is 61.7. The van der Waals surface area contributed by atoms with Crippen LogP contribution >= 0.6 is 0 Å². The van der Waals surface area contributed by atoms with Crippen molar-refractivity contribution in [3.05, 3.63) is 35.9 Å². The summed E-state index contributed by atoms with van der Waals surface area (Å²) in [5.74, 6) is -5.89. The number of amides is 9. The Balaban J connectivity index is 2.20. The molecule has 2 heterocycles. The lowest BCUT2D eigenvalue weighted by Crippen LogP contribution is -2.62. The van der Waals surface area contributed by atoms with Crippen LogP contribution in [0, 0.1) is 11.8 Å². The monoisotopic (exact) mass is 1030 g/mol. The van der Waals surface area contributed by atoms with Crippen LogP contribution in [0.4, 0.5) is 0 Å². The summed E-state index contributed by atoms with van der Waals surface area (Å²) in [7, 11) is 7.23. The minimum absolute atomic E-state index is 0.0404. The molecule has 2 aliphatic heterocycles. The van der Waals surface area contributed by atoms with Gasteiger partial charge in [0, 0.05) is 67.7 Å². The van der Waals surface area contributed by atoms with Crippen molar-refractivity contribution in [2.45, 2.75) is 174 Å². The van der Waals surface area contributed by atoms with Gasteiger partial charge in [-0.25, -0.2) is 0 Å². The maximum absolute atomic E-state index is 14.9. The molecular weight excluding hydrogens is 939 g/mol. The highest BCUT2D eigenvalue weighted by molar-refractivity contribution is 5.98. The third-order valence-corrected chi connectivity index (χ3v) is 13.7. The van der Waals surface area contributed by atoms with Crippen LogP contribution in [0.5, 0.6) is 0 Å². The first-order valence-electron chi connectivity index (χ1n) is 25.9. The van der Waals surface area contributed by atoms with E-state index in [0.29, 0.717) is 18.7 Å². The van der Waals surface area contributed by atoms with Crippen molar-refractivity contribution in [3.8, 4) is 0 Å².